The van der Waals surface area contributed by atoms with E-state index in [1.165, 1.54) is 0 Å². The van der Waals surface area contributed by atoms with Crippen molar-refractivity contribution in [1.29, 1.82) is 0 Å². The van der Waals surface area contributed by atoms with Crippen LogP contribution >= 0.6 is 0 Å². The molecule has 0 aromatic carbocycles. The van der Waals surface area contributed by atoms with E-state index in [4.69, 9.17) is 5.02 Å². The van der Waals surface area contributed by atoms with E-state index in [0.717, 1.165) is 0 Å². The summed E-state index contributed by atoms with van der Waals surface area (Å²) >= 11 is 0. The van der Waals surface area contributed by atoms with Gasteiger partial charge in [-0.05, 0) is 13.5 Å². The fourth-order valence-electron chi connectivity index (χ4n) is 0.254. The number of hydrogen-bond donors (Lipinski definition) is 1. The van der Waals surface area contributed by atoms with Crippen LogP contribution in [0, 0.1) is 0 Å². The Hall–Kier alpha value is -0.635. The Morgan fingerprint density at radius 2 is 2.50 bits per heavy atom. The molecule has 0 aliphatic rings. The maximum atomic E-state index is 7.98. The zero-order valence-electron chi connectivity index (χ0n) is 4.76. The summed E-state index contributed by atoms with van der Waals surface area (Å²) in [6, 6.07) is 0. The van der Waals surface area contributed by atoms with Gasteiger partial charge in [0.1, 0.15) is 0 Å². The van der Waals surface area contributed by atoms with Crippen molar-refractivity contribution >= 4 is 7.69 Å². The van der Waals surface area contributed by atoms with Crippen molar-refractivity contribution in [2.24, 2.45) is 0 Å². The van der Waals surface area contributed by atoms with Gasteiger partial charge >= 0.3 is 7.69 Å². The first-order valence-electron chi connectivity index (χ1n) is 2.25. The maximum absolute atomic E-state index is 7.98. The summed E-state index contributed by atoms with van der Waals surface area (Å²) in [5.74, 6) is 0.106. The van der Waals surface area contributed by atoms with Gasteiger partial charge in [0.05, 0.1) is 6.61 Å². The zero-order chi connectivity index (χ0) is 6.41. The second-order valence-corrected chi connectivity index (χ2v) is 1.03. The molecule has 0 aliphatic carbocycles. The van der Waals surface area contributed by atoms with E-state index in [9.17, 15) is 0 Å². The Kier molecular flexibility index (Phi) is 4.16. The summed E-state index contributed by atoms with van der Waals surface area (Å²) in [6.07, 6.45) is 0. The average Bonchev–Trinajstić information content (AvgIpc) is 1.68. The third kappa shape index (κ3) is 3.55. The molecule has 0 saturated heterocycles. The van der Waals surface area contributed by atoms with Crippen molar-refractivity contribution in [2.45, 2.75) is 6.92 Å². The summed E-state index contributed by atoms with van der Waals surface area (Å²) in [7, 11) is 0.526. The van der Waals surface area contributed by atoms with Crippen LogP contribution in [0.5, 0.6) is 0 Å². The molecule has 45 valence electrons. The number of hydrogen-bond acceptors (Lipinski definition) is 3. The van der Waals surface area contributed by atoms with Crippen LogP contribution in [-0.2, 0) is 9.39 Å². The predicted molar refractivity (Wildman–Crippen MR) is 29.8 cm³/mol. The lowest BCUT2D eigenvalue weighted by Gasteiger charge is -2.03. The van der Waals surface area contributed by atoms with Crippen LogP contribution in [0.3, 0.4) is 0 Å². The molecule has 0 aromatic heterocycles. The van der Waals surface area contributed by atoms with Crippen LogP contribution in [-0.4, -0.2) is 19.3 Å². The molecule has 0 rings (SSSR count). The van der Waals surface area contributed by atoms with E-state index in [2.05, 4.69) is 16.0 Å². The molecule has 0 fully saturated rings. The first-order valence-corrected chi connectivity index (χ1v) is 2.25. The minimum absolute atomic E-state index is 0.106. The van der Waals surface area contributed by atoms with Crippen molar-refractivity contribution in [1.82, 2.24) is 0 Å². The molecular weight excluding hydrogens is 107 g/mol. The lowest BCUT2D eigenvalue weighted by Crippen LogP contribution is -1.99. The van der Waals surface area contributed by atoms with Gasteiger partial charge in [-0.3, -0.25) is 0 Å². The van der Waals surface area contributed by atoms with Gasteiger partial charge in [-0.25, -0.2) is 0 Å². The van der Waals surface area contributed by atoms with Crippen LogP contribution in [0.15, 0.2) is 12.5 Å². The molecule has 0 aliphatic heterocycles. The molecule has 0 saturated carbocycles. The highest BCUT2D eigenvalue weighted by atomic mass is 16.7. The monoisotopic (exact) mass is 115 g/mol. The lowest BCUT2D eigenvalue weighted by atomic mass is 10.4. The first kappa shape index (κ1) is 7.36. The van der Waals surface area contributed by atoms with Gasteiger partial charge in [-0.2, -0.15) is 0 Å². The van der Waals surface area contributed by atoms with Crippen molar-refractivity contribution in [2.75, 3.05) is 6.61 Å². The van der Waals surface area contributed by atoms with E-state index in [0.29, 0.717) is 14.3 Å². The lowest BCUT2D eigenvalue weighted by molar-refractivity contribution is 0.111. The van der Waals surface area contributed by atoms with Crippen LogP contribution in [0.2, 0.25) is 0 Å². The molecule has 1 N–H and O–H groups in total. The molecule has 0 amide bonds. The molecule has 0 atom stereocenters. The molecular formula is C4H8BO3. The van der Waals surface area contributed by atoms with Crippen molar-refractivity contribution in [3.05, 3.63) is 12.5 Å². The van der Waals surface area contributed by atoms with Gasteiger partial charge in [-0.1, -0.05) is 0 Å². The third-order valence-corrected chi connectivity index (χ3v) is 0.489. The van der Waals surface area contributed by atoms with Gasteiger partial charge in [0.2, 0.25) is 0 Å². The molecule has 0 unspecified atom stereocenters. The molecule has 1 radical (unpaired) electrons. The largest absolute Gasteiger partial charge is 0.571 e. The van der Waals surface area contributed by atoms with E-state index in [1.807, 2.05) is 0 Å². The summed E-state index contributed by atoms with van der Waals surface area (Å²) < 4.78 is 8.97. The molecule has 4 heteroatoms. The number of ether oxygens (including phenoxy) is 1. The molecule has 0 heterocycles. The Morgan fingerprint density at radius 1 is 1.88 bits per heavy atom. The standard InChI is InChI=1S/C4H8BO3/c1-3-7-4(2)8-5-6/h6H,2-3H2,1H3. The van der Waals surface area contributed by atoms with Gasteiger partial charge < -0.3 is 14.4 Å². The molecule has 8 heavy (non-hydrogen) atoms. The van der Waals surface area contributed by atoms with E-state index in [1.54, 1.807) is 6.92 Å². The highest BCUT2D eigenvalue weighted by Crippen LogP contribution is 1.91. The van der Waals surface area contributed by atoms with Gasteiger partial charge in [0.25, 0.3) is 5.95 Å². The Morgan fingerprint density at radius 3 is 2.88 bits per heavy atom. The van der Waals surface area contributed by atoms with Crippen LogP contribution in [0.4, 0.5) is 0 Å². The Labute approximate surface area is 49.2 Å². The molecule has 0 aromatic rings. The second kappa shape index (κ2) is 4.52. The van der Waals surface area contributed by atoms with Crippen molar-refractivity contribution in [3.63, 3.8) is 0 Å². The number of rotatable bonds is 4. The van der Waals surface area contributed by atoms with Crippen LogP contribution < -0.4 is 0 Å². The summed E-state index contributed by atoms with van der Waals surface area (Å²) in [4.78, 5) is 0. The topological polar surface area (TPSA) is 38.7 Å². The summed E-state index contributed by atoms with van der Waals surface area (Å²) in [5.41, 5.74) is 0. The first-order chi connectivity index (χ1) is 3.81. The summed E-state index contributed by atoms with van der Waals surface area (Å²) in [5, 5.41) is 7.98. The Bertz CT molecular complexity index is 65.7. The van der Waals surface area contributed by atoms with E-state index in [-0.39, 0.29) is 5.95 Å². The normalized spacial score (nSPS) is 7.75. The minimum atomic E-state index is 0.106. The smallest absolute Gasteiger partial charge is 0.511 e. The zero-order valence-corrected chi connectivity index (χ0v) is 4.76. The van der Waals surface area contributed by atoms with Gasteiger partial charge in [0.15, 0.2) is 0 Å². The maximum Gasteiger partial charge on any atom is 0.571 e. The Balaban J connectivity index is 3.06. The fourth-order valence-corrected chi connectivity index (χ4v) is 0.254. The van der Waals surface area contributed by atoms with Crippen LogP contribution in [0.1, 0.15) is 6.92 Å². The van der Waals surface area contributed by atoms with Crippen molar-refractivity contribution < 1.29 is 14.4 Å². The molecule has 3 nitrogen and oxygen atoms in total. The average molecular weight is 115 g/mol. The molecule has 0 spiro atoms. The SMILES string of the molecule is C=C(O[B]O)OCC. The second-order valence-electron chi connectivity index (χ2n) is 1.03. The third-order valence-electron chi connectivity index (χ3n) is 0.489. The highest BCUT2D eigenvalue weighted by Gasteiger charge is 1.91. The summed E-state index contributed by atoms with van der Waals surface area (Å²) in [6.45, 7) is 5.59. The van der Waals surface area contributed by atoms with E-state index >= 15 is 0 Å². The van der Waals surface area contributed by atoms with Crippen LogP contribution in [0.25, 0.3) is 0 Å². The van der Waals surface area contributed by atoms with Gasteiger partial charge in [0, 0.05) is 0 Å². The molecule has 0 bridgehead atoms. The highest BCUT2D eigenvalue weighted by molar-refractivity contribution is 6.16. The fraction of sp³-hybridized carbons (Fsp3) is 0.500. The van der Waals surface area contributed by atoms with E-state index < -0.39 is 0 Å². The minimum Gasteiger partial charge on any atom is -0.511 e. The quantitative estimate of drug-likeness (QED) is 0.415. The van der Waals surface area contributed by atoms with Gasteiger partial charge in [-0.15, -0.1) is 0 Å². The van der Waals surface area contributed by atoms with Crippen molar-refractivity contribution in [3.8, 4) is 0 Å². The predicted octanol–water partition coefficient (Wildman–Crippen LogP) is 0.0372.